The molecule has 1 aromatic rings. The van der Waals surface area contributed by atoms with Gasteiger partial charge in [-0.15, -0.1) is 11.8 Å². The molecule has 1 atom stereocenters. The molecule has 4 heteroatoms. The van der Waals surface area contributed by atoms with Gasteiger partial charge in [0.25, 0.3) is 0 Å². The summed E-state index contributed by atoms with van der Waals surface area (Å²) in [5.74, 6) is 0.560. The third-order valence-corrected chi connectivity index (χ3v) is 3.57. The van der Waals surface area contributed by atoms with Gasteiger partial charge in [0.05, 0.1) is 5.25 Å². The van der Waals surface area contributed by atoms with Gasteiger partial charge in [-0.2, -0.15) is 0 Å². The Labute approximate surface area is 96.4 Å². The van der Waals surface area contributed by atoms with Crippen molar-refractivity contribution in [3.05, 3.63) is 34.3 Å². The van der Waals surface area contributed by atoms with E-state index in [1.165, 1.54) is 5.56 Å². The van der Waals surface area contributed by atoms with Crippen molar-refractivity contribution in [2.45, 2.75) is 17.9 Å². The Balaban J connectivity index is 2.46. The standard InChI is InChI=1S/C10H12BrNOS/c1-7(10(12)13)14-6-8-2-4-9(11)5-3-8/h2-5,7H,6H2,1H3,(H2,12,13). The predicted octanol–water partition coefficient (Wildman–Crippen LogP) is 2.56. The molecule has 0 fully saturated rings. The maximum absolute atomic E-state index is 10.8. The minimum atomic E-state index is -0.257. The van der Waals surface area contributed by atoms with Crippen LogP contribution in [0.15, 0.2) is 28.7 Å². The van der Waals surface area contributed by atoms with E-state index in [1.54, 1.807) is 11.8 Å². The number of halogens is 1. The molecule has 2 N–H and O–H groups in total. The van der Waals surface area contributed by atoms with Crippen molar-refractivity contribution in [3.63, 3.8) is 0 Å². The first-order valence-corrected chi connectivity index (χ1v) is 6.09. The first kappa shape index (κ1) is 11.6. The first-order valence-electron chi connectivity index (χ1n) is 4.25. The van der Waals surface area contributed by atoms with Crippen molar-refractivity contribution >= 4 is 33.6 Å². The Kier molecular flexibility index (Phi) is 4.48. The number of amides is 1. The number of nitrogens with two attached hydrogens (primary N) is 1. The zero-order valence-electron chi connectivity index (χ0n) is 7.87. The van der Waals surface area contributed by atoms with Crippen LogP contribution in [0.2, 0.25) is 0 Å². The maximum Gasteiger partial charge on any atom is 0.230 e. The van der Waals surface area contributed by atoms with Crippen LogP contribution < -0.4 is 5.73 Å². The summed E-state index contributed by atoms with van der Waals surface area (Å²) in [5, 5.41) is -0.126. The smallest absolute Gasteiger partial charge is 0.230 e. The van der Waals surface area contributed by atoms with Crippen LogP contribution in [0.25, 0.3) is 0 Å². The van der Waals surface area contributed by atoms with Crippen molar-refractivity contribution in [2.24, 2.45) is 5.73 Å². The van der Waals surface area contributed by atoms with Gasteiger partial charge in [-0.3, -0.25) is 4.79 Å². The Morgan fingerprint density at radius 1 is 1.50 bits per heavy atom. The molecule has 1 unspecified atom stereocenters. The highest BCUT2D eigenvalue weighted by molar-refractivity contribution is 9.10. The lowest BCUT2D eigenvalue weighted by Gasteiger charge is -2.06. The molecule has 0 aliphatic rings. The van der Waals surface area contributed by atoms with Crippen molar-refractivity contribution in [1.29, 1.82) is 0 Å². The van der Waals surface area contributed by atoms with Gasteiger partial charge in [0.2, 0.25) is 5.91 Å². The Bertz CT molecular complexity index is 312. The number of rotatable bonds is 4. The van der Waals surface area contributed by atoms with E-state index in [4.69, 9.17) is 5.73 Å². The molecule has 1 aromatic carbocycles. The largest absolute Gasteiger partial charge is 0.369 e. The molecule has 0 saturated heterocycles. The van der Waals surface area contributed by atoms with Crippen molar-refractivity contribution in [3.8, 4) is 0 Å². The van der Waals surface area contributed by atoms with Gasteiger partial charge < -0.3 is 5.73 Å². The molecule has 0 saturated carbocycles. The SMILES string of the molecule is CC(SCc1ccc(Br)cc1)C(N)=O. The number of thioether (sulfide) groups is 1. The number of primary amides is 1. The summed E-state index contributed by atoms with van der Waals surface area (Å²) in [5.41, 5.74) is 6.36. The zero-order chi connectivity index (χ0) is 10.6. The topological polar surface area (TPSA) is 43.1 Å². The fraction of sp³-hybridized carbons (Fsp3) is 0.300. The van der Waals surface area contributed by atoms with Crippen molar-refractivity contribution < 1.29 is 4.79 Å². The molecule has 0 spiro atoms. The second kappa shape index (κ2) is 5.41. The quantitative estimate of drug-likeness (QED) is 0.917. The van der Waals surface area contributed by atoms with Gasteiger partial charge in [-0.05, 0) is 24.6 Å². The number of carbonyl (C=O) groups is 1. The minimum absolute atomic E-state index is 0.126. The normalized spacial score (nSPS) is 12.4. The summed E-state index contributed by atoms with van der Waals surface area (Å²) in [4.78, 5) is 10.8. The van der Waals surface area contributed by atoms with Crippen LogP contribution in [0.3, 0.4) is 0 Å². The summed E-state index contributed by atoms with van der Waals surface area (Å²) in [6.45, 7) is 1.83. The summed E-state index contributed by atoms with van der Waals surface area (Å²) >= 11 is 4.92. The lowest BCUT2D eigenvalue weighted by molar-refractivity contribution is -0.117. The van der Waals surface area contributed by atoms with Gasteiger partial charge in [-0.1, -0.05) is 28.1 Å². The molecule has 14 heavy (non-hydrogen) atoms. The second-order valence-corrected chi connectivity index (χ2v) is 5.23. The zero-order valence-corrected chi connectivity index (χ0v) is 10.3. The first-order chi connectivity index (χ1) is 6.59. The highest BCUT2D eigenvalue weighted by atomic mass is 79.9. The minimum Gasteiger partial charge on any atom is -0.369 e. The molecular formula is C10H12BrNOS. The van der Waals surface area contributed by atoms with Gasteiger partial charge in [-0.25, -0.2) is 0 Å². The van der Waals surface area contributed by atoms with E-state index in [-0.39, 0.29) is 11.2 Å². The predicted molar refractivity (Wildman–Crippen MR) is 64.1 cm³/mol. The van der Waals surface area contributed by atoms with Crippen molar-refractivity contribution in [1.82, 2.24) is 0 Å². The number of carbonyl (C=O) groups excluding carboxylic acids is 1. The van der Waals surface area contributed by atoms with Crippen LogP contribution >= 0.6 is 27.7 Å². The molecule has 0 aliphatic carbocycles. The lowest BCUT2D eigenvalue weighted by atomic mass is 10.2. The molecule has 2 nitrogen and oxygen atoms in total. The monoisotopic (exact) mass is 273 g/mol. The van der Waals surface area contributed by atoms with Crippen molar-refractivity contribution in [2.75, 3.05) is 0 Å². The Morgan fingerprint density at radius 2 is 2.07 bits per heavy atom. The molecule has 1 rings (SSSR count). The molecule has 0 radical (unpaired) electrons. The average molecular weight is 274 g/mol. The van der Waals surface area contributed by atoms with E-state index in [0.29, 0.717) is 0 Å². The van der Waals surface area contributed by atoms with Crippen LogP contribution in [-0.2, 0) is 10.5 Å². The Morgan fingerprint density at radius 3 is 2.57 bits per heavy atom. The number of hydrogen-bond acceptors (Lipinski definition) is 2. The molecular weight excluding hydrogens is 262 g/mol. The molecule has 1 amide bonds. The molecule has 0 heterocycles. The maximum atomic E-state index is 10.8. The van der Waals surface area contributed by atoms with Crippen LogP contribution in [0.5, 0.6) is 0 Å². The van der Waals surface area contributed by atoms with E-state index >= 15 is 0 Å². The fourth-order valence-corrected chi connectivity index (χ4v) is 1.95. The van der Waals surface area contributed by atoms with Gasteiger partial charge >= 0.3 is 0 Å². The summed E-state index contributed by atoms with van der Waals surface area (Å²) in [6.07, 6.45) is 0. The van der Waals surface area contributed by atoms with E-state index in [2.05, 4.69) is 15.9 Å². The van der Waals surface area contributed by atoms with Crippen LogP contribution in [-0.4, -0.2) is 11.2 Å². The Hall–Kier alpha value is -0.480. The molecule has 76 valence electrons. The second-order valence-electron chi connectivity index (χ2n) is 2.98. The fourth-order valence-electron chi connectivity index (χ4n) is 0.884. The third kappa shape index (κ3) is 3.72. The van der Waals surface area contributed by atoms with E-state index < -0.39 is 0 Å². The van der Waals surface area contributed by atoms with E-state index in [9.17, 15) is 4.79 Å². The van der Waals surface area contributed by atoms with E-state index in [0.717, 1.165) is 10.2 Å². The van der Waals surface area contributed by atoms with Gasteiger partial charge in [0, 0.05) is 10.2 Å². The molecule has 0 aromatic heterocycles. The molecule has 0 aliphatic heterocycles. The van der Waals surface area contributed by atoms with E-state index in [1.807, 2.05) is 31.2 Å². The average Bonchev–Trinajstić information content (AvgIpc) is 2.16. The van der Waals surface area contributed by atoms with Gasteiger partial charge in [0.1, 0.15) is 0 Å². The highest BCUT2D eigenvalue weighted by Gasteiger charge is 2.08. The summed E-state index contributed by atoms with van der Waals surface area (Å²) in [6, 6.07) is 8.05. The molecule has 0 bridgehead atoms. The van der Waals surface area contributed by atoms with Gasteiger partial charge in [0.15, 0.2) is 0 Å². The van der Waals surface area contributed by atoms with Crippen LogP contribution in [0.1, 0.15) is 12.5 Å². The van der Waals surface area contributed by atoms with Crippen LogP contribution in [0.4, 0.5) is 0 Å². The lowest BCUT2D eigenvalue weighted by Crippen LogP contribution is -2.22. The third-order valence-electron chi connectivity index (χ3n) is 1.81. The summed E-state index contributed by atoms with van der Waals surface area (Å²) < 4.78 is 1.06. The number of hydrogen-bond donors (Lipinski definition) is 1. The number of benzene rings is 1. The highest BCUT2D eigenvalue weighted by Crippen LogP contribution is 2.19. The summed E-state index contributed by atoms with van der Waals surface area (Å²) in [7, 11) is 0. The van der Waals surface area contributed by atoms with Crippen LogP contribution in [0, 0.1) is 0 Å².